The molecule has 2 aromatic rings. The first-order valence-electron chi connectivity index (χ1n) is 9.20. The van der Waals surface area contributed by atoms with Crippen molar-refractivity contribution >= 4 is 11.6 Å². The summed E-state index contributed by atoms with van der Waals surface area (Å²) in [5, 5.41) is 3.07. The van der Waals surface area contributed by atoms with Crippen molar-refractivity contribution in [3.63, 3.8) is 0 Å². The van der Waals surface area contributed by atoms with Gasteiger partial charge in [0.2, 0.25) is 12.7 Å². The maximum Gasteiger partial charge on any atom is 0.246 e. The van der Waals surface area contributed by atoms with Crippen LogP contribution in [0, 0.1) is 5.92 Å². The molecule has 0 aromatic heterocycles. The van der Waals surface area contributed by atoms with Gasteiger partial charge in [0, 0.05) is 18.3 Å². The highest BCUT2D eigenvalue weighted by atomic mass is 16.7. The van der Waals surface area contributed by atoms with Gasteiger partial charge in [-0.25, -0.2) is 0 Å². The van der Waals surface area contributed by atoms with Crippen LogP contribution in [0.15, 0.2) is 48.5 Å². The molecule has 2 heterocycles. The molecular formula is C21H24N2O3. The highest BCUT2D eigenvalue weighted by molar-refractivity contribution is 5.95. The number of ether oxygens (including phenoxy) is 2. The SMILES string of the molecule is CC1CCCN(C(C(=O)Nc2ccc3c(c2)OCO3)c2ccccc2)C1. The van der Waals surface area contributed by atoms with Crippen molar-refractivity contribution in [1.82, 2.24) is 4.90 Å². The van der Waals surface area contributed by atoms with Gasteiger partial charge in [-0.15, -0.1) is 0 Å². The molecule has 26 heavy (non-hydrogen) atoms. The second kappa shape index (κ2) is 7.38. The Hall–Kier alpha value is -2.53. The first kappa shape index (κ1) is 16.9. The number of likely N-dealkylation sites (tertiary alicyclic amines) is 1. The molecule has 1 fully saturated rings. The Labute approximate surface area is 153 Å². The van der Waals surface area contributed by atoms with E-state index in [0.717, 1.165) is 30.8 Å². The van der Waals surface area contributed by atoms with Crippen molar-refractivity contribution in [2.75, 3.05) is 25.2 Å². The summed E-state index contributed by atoms with van der Waals surface area (Å²) in [6, 6.07) is 15.2. The Morgan fingerprint density at radius 1 is 1.15 bits per heavy atom. The van der Waals surface area contributed by atoms with Crippen molar-refractivity contribution in [1.29, 1.82) is 0 Å². The first-order valence-corrected chi connectivity index (χ1v) is 9.20. The Bertz CT molecular complexity index is 778. The third kappa shape index (κ3) is 3.53. The number of hydrogen-bond acceptors (Lipinski definition) is 4. The third-order valence-electron chi connectivity index (χ3n) is 5.06. The standard InChI is InChI=1S/C21H24N2O3/c1-15-6-5-11-23(13-15)20(16-7-3-2-4-8-16)21(24)22-17-9-10-18-19(12-17)26-14-25-18/h2-4,7-10,12,15,20H,5-6,11,13-14H2,1H3,(H,22,24). The lowest BCUT2D eigenvalue weighted by atomic mass is 9.95. The van der Waals surface area contributed by atoms with Gasteiger partial charge in [0.25, 0.3) is 0 Å². The van der Waals surface area contributed by atoms with Crippen LogP contribution in [0.5, 0.6) is 11.5 Å². The lowest BCUT2D eigenvalue weighted by Gasteiger charge is -2.36. The average molecular weight is 352 g/mol. The van der Waals surface area contributed by atoms with Gasteiger partial charge in [-0.1, -0.05) is 37.3 Å². The zero-order valence-electron chi connectivity index (χ0n) is 15.0. The van der Waals surface area contributed by atoms with E-state index in [9.17, 15) is 4.79 Å². The van der Waals surface area contributed by atoms with E-state index in [1.54, 1.807) is 0 Å². The molecule has 0 spiro atoms. The summed E-state index contributed by atoms with van der Waals surface area (Å²) in [5.41, 5.74) is 1.75. The van der Waals surface area contributed by atoms with Crippen LogP contribution in [0.3, 0.4) is 0 Å². The molecule has 2 unspecified atom stereocenters. The summed E-state index contributed by atoms with van der Waals surface area (Å²) in [4.78, 5) is 15.5. The fourth-order valence-electron chi connectivity index (χ4n) is 3.81. The number of nitrogens with one attached hydrogen (secondary N) is 1. The highest BCUT2D eigenvalue weighted by Gasteiger charge is 2.30. The predicted octanol–water partition coefficient (Wildman–Crippen LogP) is 3.83. The monoisotopic (exact) mass is 352 g/mol. The molecule has 2 aromatic carbocycles. The molecule has 5 nitrogen and oxygen atoms in total. The summed E-state index contributed by atoms with van der Waals surface area (Å²) in [7, 11) is 0. The quantitative estimate of drug-likeness (QED) is 0.909. The minimum absolute atomic E-state index is 0.0100. The molecule has 1 amide bonds. The summed E-state index contributed by atoms with van der Waals surface area (Å²) in [5.74, 6) is 1.98. The number of piperidine rings is 1. The molecule has 2 atom stereocenters. The normalized spacial score (nSPS) is 20.6. The third-order valence-corrected chi connectivity index (χ3v) is 5.06. The molecule has 4 rings (SSSR count). The zero-order valence-corrected chi connectivity index (χ0v) is 15.0. The van der Waals surface area contributed by atoms with Gasteiger partial charge in [0.05, 0.1) is 0 Å². The van der Waals surface area contributed by atoms with Gasteiger partial charge in [0.15, 0.2) is 11.5 Å². The van der Waals surface area contributed by atoms with Crippen LogP contribution in [0.25, 0.3) is 0 Å². The lowest BCUT2D eigenvalue weighted by Crippen LogP contribution is -2.42. The molecule has 5 heteroatoms. The molecule has 0 saturated carbocycles. The number of nitrogens with zero attached hydrogens (tertiary/aromatic N) is 1. The fraction of sp³-hybridized carbons (Fsp3) is 0.381. The number of rotatable bonds is 4. The number of fused-ring (bicyclic) bond motifs is 1. The van der Waals surface area contributed by atoms with Crippen LogP contribution in [-0.4, -0.2) is 30.7 Å². The number of carbonyl (C=O) groups excluding carboxylic acids is 1. The predicted molar refractivity (Wildman–Crippen MR) is 100 cm³/mol. The van der Waals surface area contributed by atoms with Crippen molar-refractivity contribution < 1.29 is 14.3 Å². The molecule has 0 radical (unpaired) electrons. The average Bonchev–Trinajstić information content (AvgIpc) is 3.11. The second-order valence-electron chi connectivity index (χ2n) is 7.11. The molecule has 0 aliphatic carbocycles. The van der Waals surface area contributed by atoms with Gasteiger partial charge in [-0.05, 0) is 43.0 Å². The van der Waals surface area contributed by atoms with Gasteiger partial charge < -0.3 is 14.8 Å². The topological polar surface area (TPSA) is 50.8 Å². The van der Waals surface area contributed by atoms with Gasteiger partial charge in [-0.3, -0.25) is 9.69 Å². The molecule has 1 saturated heterocycles. The van der Waals surface area contributed by atoms with Gasteiger partial charge >= 0.3 is 0 Å². The highest BCUT2D eigenvalue weighted by Crippen LogP contribution is 2.35. The largest absolute Gasteiger partial charge is 0.454 e. The fourth-order valence-corrected chi connectivity index (χ4v) is 3.81. The lowest BCUT2D eigenvalue weighted by molar-refractivity contribution is -0.122. The van der Waals surface area contributed by atoms with Crippen LogP contribution in [0.2, 0.25) is 0 Å². The minimum atomic E-state index is -0.288. The van der Waals surface area contributed by atoms with Crippen molar-refractivity contribution in [3.8, 4) is 11.5 Å². The van der Waals surface area contributed by atoms with E-state index in [1.165, 1.54) is 6.42 Å². The maximum atomic E-state index is 13.2. The summed E-state index contributed by atoms with van der Waals surface area (Å²) in [6.07, 6.45) is 2.35. The Morgan fingerprint density at radius 3 is 2.77 bits per heavy atom. The van der Waals surface area contributed by atoms with E-state index in [0.29, 0.717) is 17.4 Å². The smallest absolute Gasteiger partial charge is 0.246 e. The van der Waals surface area contributed by atoms with Crippen molar-refractivity contribution in [3.05, 3.63) is 54.1 Å². The summed E-state index contributed by atoms with van der Waals surface area (Å²) >= 11 is 0. The molecule has 1 N–H and O–H groups in total. The Kier molecular flexibility index (Phi) is 4.80. The molecule has 2 aliphatic rings. The van der Waals surface area contributed by atoms with E-state index >= 15 is 0 Å². The van der Waals surface area contributed by atoms with E-state index in [1.807, 2.05) is 48.5 Å². The van der Waals surface area contributed by atoms with E-state index in [-0.39, 0.29) is 18.7 Å². The van der Waals surface area contributed by atoms with E-state index < -0.39 is 0 Å². The molecule has 136 valence electrons. The van der Waals surface area contributed by atoms with Crippen LogP contribution in [0.1, 0.15) is 31.4 Å². The Morgan fingerprint density at radius 2 is 1.96 bits per heavy atom. The van der Waals surface area contributed by atoms with E-state index in [4.69, 9.17) is 9.47 Å². The van der Waals surface area contributed by atoms with Gasteiger partial charge in [0.1, 0.15) is 6.04 Å². The van der Waals surface area contributed by atoms with Crippen LogP contribution >= 0.6 is 0 Å². The molecular weight excluding hydrogens is 328 g/mol. The van der Waals surface area contributed by atoms with Crippen LogP contribution in [0.4, 0.5) is 5.69 Å². The minimum Gasteiger partial charge on any atom is -0.454 e. The first-order chi connectivity index (χ1) is 12.7. The molecule has 0 bridgehead atoms. The second-order valence-corrected chi connectivity index (χ2v) is 7.11. The summed E-state index contributed by atoms with van der Waals surface area (Å²) < 4.78 is 10.8. The number of carbonyl (C=O) groups is 1. The number of hydrogen-bond donors (Lipinski definition) is 1. The molecule has 2 aliphatic heterocycles. The van der Waals surface area contributed by atoms with Gasteiger partial charge in [-0.2, -0.15) is 0 Å². The Balaban J connectivity index is 1.57. The number of benzene rings is 2. The number of amides is 1. The zero-order chi connectivity index (χ0) is 17.9. The van der Waals surface area contributed by atoms with Crippen LogP contribution in [-0.2, 0) is 4.79 Å². The number of anilines is 1. The van der Waals surface area contributed by atoms with Crippen molar-refractivity contribution in [2.24, 2.45) is 5.92 Å². The summed E-state index contributed by atoms with van der Waals surface area (Å²) in [6.45, 7) is 4.36. The van der Waals surface area contributed by atoms with Crippen LogP contribution < -0.4 is 14.8 Å². The maximum absolute atomic E-state index is 13.2. The van der Waals surface area contributed by atoms with E-state index in [2.05, 4.69) is 17.1 Å². The van der Waals surface area contributed by atoms with Crippen molar-refractivity contribution in [2.45, 2.75) is 25.8 Å².